The van der Waals surface area contributed by atoms with Crippen molar-refractivity contribution < 1.29 is 41.4 Å². The van der Waals surface area contributed by atoms with Crippen molar-refractivity contribution in [3.05, 3.63) is 48.2 Å². The summed E-state index contributed by atoms with van der Waals surface area (Å²) in [7, 11) is -3.82. The van der Waals surface area contributed by atoms with E-state index in [0.717, 1.165) is 45.6 Å². The maximum atomic E-state index is 12.6. The monoisotopic (exact) mass is 558 g/mol. The van der Waals surface area contributed by atoms with E-state index in [2.05, 4.69) is 14.6 Å². The Bertz CT molecular complexity index is 1220. The Hall–Kier alpha value is -3.39. The highest BCUT2D eigenvalue weighted by Gasteiger charge is 2.38. The van der Waals surface area contributed by atoms with Gasteiger partial charge in [-0.1, -0.05) is 18.2 Å². The van der Waals surface area contributed by atoms with E-state index in [4.69, 9.17) is 9.90 Å². The van der Waals surface area contributed by atoms with E-state index in [1.54, 1.807) is 18.2 Å². The summed E-state index contributed by atoms with van der Waals surface area (Å²) in [5.41, 5.74) is 0.144. The molecule has 2 fully saturated rings. The third-order valence-corrected chi connectivity index (χ3v) is 7.58. The minimum absolute atomic E-state index is 0.00934. The molecular formula is C24H29F3N4O6S. The van der Waals surface area contributed by atoms with Crippen molar-refractivity contribution in [2.24, 2.45) is 5.92 Å². The van der Waals surface area contributed by atoms with Crippen molar-refractivity contribution in [3.8, 4) is 0 Å². The van der Waals surface area contributed by atoms with E-state index in [-0.39, 0.29) is 16.1 Å². The highest BCUT2D eigenvalue weighted by Crippen LogP contribution is 2.28. The predicted molar refractivity (Wildman–Crippen MR) is 133 cm³/mol. The lowest BCUT2D eigenvalue weighted by molar-refractivity contribution is -0.192. The summed E-state index contributed by atoms with van der Waals surface area (Å²) in [6.45, 7) is 4.84. The van der Waals surface area contributed by atoms with Crippen LogP contribution in [0.4, 0.5) is 24.7 Å². The zero-order valence-electron chi connectivity index (χ0n) is 20.4. The summed E-state index contributed by atoms with van der Waals surface area (Å²) in [6, 6.07) is 9.32. The van der Waals surface area contributed by atoms with Crippen LogP contribution in [-0.2, 0) is 14.8 Å². The number of sulfonamides is 1. The van der Waals surface area contributed by atoms with Gasteiger partial charge >= 0.3 is 18.1 Å². The lowest BCUT2D eigenvalue weighted by atomic mass is 9.97. The van der Waals surface area contributed by atoms with Crippen molar-refractivity contribution in [1.82, 2.24) is 9.88 Å². The number of nitrogens with zero attached hydrogens (tertiary/aromatic N) is 3. The Labute approximate surface area is 218 Å². The van der Waals surface area contributed by atoms with E-state index in [1.807, 2.05) is 4.90 Å². The largest absolute Gasteiger partial charge is 0.490 e. The number of hydrogen-bond donors (Lipinski definition) is 3. The van der Waals surface area contributed by atoms with Gasteiger partial charge in [0.05, 0.1) is 16.8 Å². The molecule has 0 bridgehead atoms. The second-order valence-corrected chi connectivity index (χ2v) is 10.8. The Kier molecular flexibility index (Phi) is 9.55. The minimum Gasteiger partial charge on any atom is -0.478 e. The maximum Gasteiger partial charge on any atom is 0.490 e. The number of likely N-dealkylation sites (tertiary alicyclic amines) is 1. The van der Waals surface area contributed by atoms with E-state index in [1.165, 1.54) is 37.2 Å². The summed E-state index contributed by atoms with van der Waals surface area (Å²) < 4.78 is 59.3. The first kappa shape index (κ1) is 29.2. The number of benzene rings is 1. The molecule has 2 aromatic rings. The van der Waals surface area contributed by atoms with Gasteiger partial charge in [0.25, 0.3) is 10.0 Å². The number of aliphatic carboxylic acids is 1. The maximum absolute atomic E-state index is 12.6. The predicted octanol–water partition coefficient (Wildman–Crippen LogP) is 3.53. The number of nitrogens with one attached hydrogen (secondary N) is 1. The van der Waals surface area contributed by atoms with Crippen LogP contribution < -0.4 is 9.62 Å². The van der Waals surface area contributed by atoms with E-state index in [9.17, 15) is 31.5 Å². The van der Waals surface area contributed by atoms with Crippen LogP contribution in [0.25, 0.3) is 0 Å². The Morgan fingerprint density at radius 2 is 1.68 bits per heavy atom. The lowest BCUT2D eigenvalue weighted by Crippen LogP contribution is -2.41. The first-order chi connectivity index (χ1) is 17.9. The number of anilines is 2. The molecule has 3 N–H and O–H groups in total. The van der Waals surface area contributed by atoms with Crippen LogP contribution in [0, 0.1) is 5.92 Å². The van der Waals surface area contributed by atoms with Crippen LogP contribution in [0.5, 0.6) is 0 Å². The van der Waals surface area contributed by atoms with Gasteiger partial charge in [0, 0.05) is 19.6 Å². The second-order valence-electron chi connectivity index (χ2n) is 9.08. The number of hydrogen-bond acceptors (Lipinski definition) is 7. The normalized spacial score (nSPS) is 18.4. The van der Waals surface area contributed by atoms with Gasteiger partial charge in [-0.3, -0.25) is 4.72 Å². The van der Waals surface area contributed by atoms with Crippen molar-refractivity contribution in [2.45, 2.75) is 36.8 Å². The number of aromatic carboxylic acids is 1. The molecule has 1 atom stereocenters. The molecule has 14 heteroatoms. The molecule has 2 saturated heterocycles. The molecule has 0 aliphatic carbocycles. The van der Waals surface area contributed by atoms with E-state index in [0.29, 0.717) is 11.7 Å². The number of rotatable bonds is 7. The highest BCUT2D eigenvalue weighted by atomic mass is 32.2. The molecule has 1 aromatic carbocycles. The van der Waals surface area contributed by atoms with Crippen LogP contribution >= 0.6 is 0 Å². The molecule has 2 aliphatic rings. The van der Waals surface area contributed by atoms with Crippen LogP contribution in [0.15, 0.2) is 47.5 Å². The summed E-state index contributed by atoms with van der Waals surface area (Å²) >= 11 is 0. The molecule has 0 amide bonds. The molecule has 1 unspecified atom stereocenters. The molecule has 38 heavy (non-hydrogen) atoms. The van der Waals surface area contributed by atoms with Gasteiger partial charge in [-0.2, -0.15) is 13.2 Å². The smallest absolute Gasteiger partial charge is 0.478 e. The van der Waals surface area contributed by atoms with Gasteiger partial charge in [0.2, 0.25) is 0 Å². The first-order valence-corrected chi connectivity index (χ1v) is 13.4. The van der Waals surface area contributed by atoms with Gasteiger partial charge in [-0.15, -0.1) is 0 Å². The van der Waals surface area contributed by atoms with E-state index >= 15 is 0 Å². The van der Waals surface area contributed by atoms with E-state index < -0.39 is 28.1 Å². The summed E-state index contributed by atoms with van der Waals surface area (Å²) in [5, 5.41) is 16.9. The number of pyridine rings is 1. The number of carbonyl (C=O) groups is 2. The van der Waals surface area contributed by atoms with Gasteiger partial charge in [-0.25, -0.2) is 23.0 Å². The topological polar surface area (TPSA) is 140 Å². The fourth-order valence-corrected chi connectivity index (χ4v) is 5.53. The number of carboxylic acid groups (broad SMARTS) is 2. The van der Waals surface area contributed by atoms with Crippen LogP contribution in [0.3, 0.4) is 0 Å². The quantitative estimate of drug-likeness (QED) is 0.466. The fourth-order valence-electron chi connectivity index (χ4n) is 4.47. The summed E-state index contributed by atoms with van der Waals surface area (Å²) in [6.07, 6.45) is 0.932. The van der Waals surface area contributed by atoms with Crippen LogP contribution in [0.2, 0.25) is 0 Å². The molecule has 3 heterocycles. The average Bonchev–Trinajstić information content (AvgIpc) is 3.37. The molecule has 4 rings (SSSR count). The summed E-state index contributed by atoms with van der Waals surface area (Å²) in [4.78, 5) is 29.9. The van der Waals surface area contributed by atoms with Crippen LogP contribution in [0.1, 0.15) is 36.0 Å². The zero-order valence-corrected chi connectivity index (χ0v) is 21.2. The third-order valence-electron chi connectivity index (χ3n) is 6.18. The molecule has 10 nitrogen and oxygen atoms in total. The van der Waals surface area contributed by atoms with Gasteiger partial charge in [0.15, 0.2) is 0 Å². The SMILES string of the molecule is O=C(O)C(F)(F)F.O=C(O)c1cc(NS(=O)(=O)c2ccccc2)cnc1N1CCCC(CN2CCCC2)C1. The molecule has 0 radical (unpaired) electrons. The molecule has 208 valence electrons. The number of carboxylic acids is 2. The van der Waals surface area contributed by atoms with Gasteiger partial charge < -0.3 is 20.0 Å². The Morgan fingerprint density at radius 3 is 2.26 bits per heavy atom. The number of piperidine rings is 1. The highest BCUT2D eigenvalue weighted by molar-refractivity contribution is 7.92. The summed E-state index contributed by atoms with van der Waals surface area (Å²) in [5.74, 6) is -3.00. The average molecular weight is 559 g/mol. The second kappa shape index (κ2) is 12.4. The molecule has 0 spiro atoms. The molecule has 1 aromatic heterocycles. The number of alkyl halides is 3. The molecular weight excluding hydrogens is 529 g/mol. The van der Waals surface area contributed by atoms with Gasteiger partial charge in [0.1, 0.15) is 11.4 Å². The standard InChI is InChI=1S/C22H28N4O4S.C2HF3O2/c27-22(28)20-13-18(24-31(29,30)19-8-2-1-3-9-19)14-23-21(20)26-12-6-7-17(16-26)15-25-10-4-5-11-25;3-2(4,5)1(6)7/h1-3,8-9,13-14,17,24H,4-7,10-12,15-16H2,(H,27,28);(H,6,7). The van der Waals surface area contributed by atoms with Crippen molar-refractivity contribution >= 4 is 33.5 Å². The van der Waals surface area contributed by atoms with Crippen LogP contribution in [-0.4, -0.2) is 79.4 Å². The number of halogens is 3. The zero-order chi connectivity index (χ0) is 27.9. The number of aromatic nitrogens is 1. The van der Waals surface area contributed by atoms with Crippen molar-refractivity contribution in [1.29, 1.82) is 0 Å². The first-order valence-electron chi connectivity index (χ1n) is 12.0. The minimum atomic E-state index is -5.08. The Balaban J connectivity index is 0.000000505. The Morgan fingerprint density at radius 1 is 1.05 bits per heavy atom. The van der Waals surface area contributed by atoms with Crippen molar-refractivity contribution in [2.75, 3.05) is 42.3 Å². The lowest BCUT2D eigenvalue weighted by Gasteiger charge is -2.36. The molecule has 2 aliphatic heterocycles. The molecule has 0 saturated carbocycles. The van der Waals surface area contributed by atoms with Gasteiger partial charge in [-0.05, 0) is 62.9 Å². The third kappa shape index (κ3) is 8.05. The van der Waals surface area contributed by atoms with Crippen molar-refractivity contribution in [3.63, 3.8) is 0 Å². The fraction of sp³-hybridized carbons (Fsp3) is 0.458.